The molecule has 20 heavy (non-hydrogen) atoms. The minimum atomic E-state index is -0.921. The molecule has 0 saturated carbocycles. The highest BCUT2D eigenvalue weighted by Crippen LogP contribution is 2.20. The summed E-state index contributed by atoms with van der Waals surface area (Å²) in [5, 5.41) is 12.0. The summed E-state index contributed by atoms with van der Waals surface area (Å²) in [6.07, 6.45) is 1.31. The second-order valence-electron chi connectivity index (χ2n) is 5.74. The molecule has 0 radical (unpaired) electrons. The van der Waals surface area contributed by atoms with Crippen molar-refractivity contribution in [3.05, 3.63) is 0 Å². The van der Waals surface area contributed by atoms with E-state index in [4.69, 9.17) is 4.74 Å². The van der Waals surface area contributed by atoms with Gasteiger partial charge in [-0.25, -0.2) is 4.79 Å². The maximum Gasteiger partial charge on any atom is 0.317 e. The Labute approximate surface area is 120 Å². The number of carbonyl (C=O) groups excluding carboxylic acids is 1. The van der Waals surface area contributed by atoms with E-state index in [9.17, 15) is 14.7 Å². The molecule has 0 spiro atoms. The molecule has 1 rings (SSSR count). The predicted octanol–water partition coefficient (Wildman–Crippen LogP) is 1.70. The highest BCUT2D eigenvalue weighted by atomic mass is 16.5. The lowest BCUT2D eigenvalue weighted by Gasteiger charge is -2.38. The van der Waals surface area contributed by atoms with Crippen LogP contribution in [-0.4, -0.2) is 53.8 Å². The quantitative estimate of drug-likeness (QED) is 0.806. The molecule has 2 N–H and O–H groups in total. The predicted molar refractivity (Wildman–Crippen MR) is 75.6 cm³/mol. The number of hydrogen-bond acceptors (Lipinski definition) is 3. The van der Waals surface area contributed by atoms with Crippen molar-refractivity contribution < 1.29 is 19.4 Å². The molecule has 6 heteroatoms. The Balaban J connectivity index is 2.62. The number of carboxylic acid groups (broad SMARTS) is 1. The zero-order valence-electron chi connectivity index (χ0n) is 12.8. The van der Waals surface area contributed by atoms with E-state index in [2.05, 4.69) is 5.32 Å². The lowest BCUT2D eigenvalue weighted by Crippen LogP contribution is -2.56. The average molecular weight is 286 g/mol. The van der Waals surface area contributed by atoms with Crippen LogP contribution in [0.5, 0.6) is 0 Å². The molecule has 0 aromatic carbocycles. The summed E-state index contributed by atoms with van der Waals surface area (Å²) < 4.78 is 5.55. The normalized spacial score (nSPS) is 25.9. The fourth-order valence-electron chi connectivity index (χ4n) is 2.16. The van der Waals surface area contributed by atoms with Crippen LogP contribution in [0.25, 0.3) is 0 Å². The van der Waals surface area contributed by atoms with Gasteiger partial charge >= 0.3 is 12.0 Å². The Morgan fingerprint density at radius 1 is 1.45 bits per heavy atom. The Hall–Kier alpha value is -1.30. The summed E-state index contributed by atoms with van der Waals surface area (Å²) in [5.74, 6) is -0.886. The fraction of sp³-hybridized carbons (Fsp3) is 0.857. The average Bonchev–Trinajstić information content (AvgIpc) is 2.44. The van der Waals surface area contributed by atoms with E-state index in [-0.39, 0.29) is 24.7 Å². The first-order chi connectivity index (χ1) is 9.34. The summed E-state index contributed by atoms with van der Waals surface area (Å²) in [5.41, 5.74) is -0.921. The number of nitrogens with zero attached hydrogens (tertiary/aromatic N) is 1. The van der Waals surface area contributed by atoms with E-state index < -0.39 is 11.4 Å². The van der Waals surface area contributed by atoms with Gasteiger partial charge in [0.2, 0.25) is 0 Å². The second kappa shape index (κ2) is 6.92. The van der Waals surface area contributed by atoms with Gasteiger partial charge in [-0.2, -0.15) is 0 Å². The van der Waals surface area contributed by atoms with Gasteiger partial charge < -0.3 is 20.1 Å². The third-order valence-electron chi connectivity index (χ3n) is 4.13. The number of morpholine rings is 1. The molecule has 0 aromatic rings. The Bertz CT molecular complexity index is 361. The highest BCUT2D eigenvalue weighted by Gasteiger charge is 2.34. The summed E-state index contributed by atoms with van der Waals surface area (Å²) >= 11 is 0. The minimum absolute atomic E-state index is 0.0144. The summed E-state index contributed by atoms with van der Waals surface area (Å²) in [7, 11) is 0. The maximum atomic E-state index is 12.3. The fourth-order valence-corrected chi connectivity index (χ4v) is 2.16. The van der Waals surface area contributed by atoms with Gasteiger partial charge in [-0.05, 0) is 26.7 Å². The third-order valence-corrected chi connectivity index (χ3v) is 4.13. The van der Waals surface area contributed by atoms with E-state index in [1.807, 2.05) is 20.8 Å². The number of urea groups is 1. The number of carbonyl (C=O) groups is 2. The minimum Gasteiger partial charge on any atom is -0.481 e. The molecule has 1 fully saturated rings. The topological polar surface area (TPSA) is 78.9 Å². The molecule has 1 heterocycles. The van der Waals surface area contributed by atoms with Crippen molar-refractivity contribution in [1.29, 1.82) is 0 Å². The number of hydrogen-bond donors (Lipinski definition) is 2. The first kappa shape index (κ1) is 16.8. The zero-order chi connectivity index (χ0) is 15.3. The molecule has 116 valence electrons. The van der Waals surface area contributed by atoms with Crippen LogP contribution < -0.4 is 5.32 Å². The van der Waals surface area contributed by atoms with Crippen molar-refractivity contribution in [1.82, 2.24) is 10.2 Å². The molecule has 1 aliphatic heterocycles. The molecule has 0 aliphatic carbocycles. The van der Waals surface area contributed by atoms with Gasteiger partial charge in [0, 0.05) is 13.1 Å². The number of rotatable bonds is 5. The van der Waals surface area contributed by atoms with E-state index in [0.29, 0.717) is 19.6 Å². The number of ether oxygens (including phenoxy) is 1. The maximum absolute atomic E-state index is 12.3. The van der Waals surface area contributed by atoms with Gasteiger partial charge in [-0.1, -0.05) is 13.8 Å². The van der Waals surface area contributed by atoms with Crippen molar-refractivity contribution in [2.75, 3.05) is 19.7 Å². The van der Waals surface area contributed by atoms with Gasteiger partial charge in [0.25, 0.3) is 0 Å². The number of amides is 2. The highest BCUT2D eigenvalue weighted by molar-refractivity contribution is 5.78. The molecule has 2 amide bonds. The van der Waals surface area contributed by atoms with Crippen molar-refractivity contribution in [3.63, 3.8) is 0 Å². The molecule has 6 nitrogen and oxygen atoms in total. The van der Waals surface area contributed by atoms with Crippen molar-refractivity contribution in [3.8, 4) is 0 Å². The molecular formula is C14H26N2O4. The van der Waals surface area contributed by atoms with Crippen molar-refractivity contribution in [2.24, 2.45) is 5.41 Å². The van der Waals surface area contributed by atoms with Crippen LogP contribution in [0.4, 0.5) is 4.79 Å². The van der Waals surface area contributed by atoms with Crippen LogP contribution in [0.15, 0.2) is 0 Å². The SMILES string of the molecule is CCC1COC(C)CN1C(=O)NCC(C)(CC)C(=O)O. The summed E-state index contributed by atoms with van der Waals surface area (Å²) in [6.45, 7) is 8.62. The van der Waals surface area contributed by atoms with Gasteiger partial charge in [-0.15, -0.1) is 0 Å². The second-order valence-corrected chi connectivity index (χ2v) is 5.74. The van der Waals surface area contributed by atoms with Gasteiger partial charge in [-0.3, -0.25) is 4.79 Å². The van der Waals surface area contributed by atoms with E-state index in [1.165, 1.54) is 0 Å². The first-order valence-corrected chi connectivity index (χ1v) is 7.23. The smallest absolute Gasteiger partial charge is 0.317 e. The lowest BCUT2D eigenvalue weighted by molar-refractivity contribution is -0.147. The van der Waals surface area contributed by atoms with Gasteiger partial charge in [0.1, 0.15) is 0 Å². The van der Waals surface area contributed by atoms with Gasteiger partial charge in [0.05, 0.1) is 24.2 Å². The largest absolute Gasteiger partial charge is 0.481 e. The lowest BCUT2D eigenvalue weighted by atomic mass is 9.88. The van der Waals surface area contributed by atoms with Crippen LogP contribution in [0.2, 0.25) is 0 Å². The van der Waals surface area contributed by atoms with Gasteiger partial charge in [0.15, 0.2) is 0 Å². The van der Waals surface area contributed by atoms with Crippen LogP contribution in [0.3, 0.4) is 0 Å². The standard InChI is InChI=1S/C14H26N2O4/c1-5-11-8-20-10(3)7-16(11)13(19)15-9-14(4,6-2)12(17)18/h10-11H,5-9H2,1-4H3,(H,15,19)(H,17,18). The van der Waals surface area contributed by atoms with Crippen molar-refractivity contribution in [2.45, 2.75) is 52.7 Å². The number of nitrogens with one attached hydrogen (secondary N) is 1. The third kappa shape index (κ3) is 3.85. The van der Waals surface area contributed by atoms with E-state index in [0.717, 1.165) is 6.42 Å². The van der Waals surface area contributed by atoms with Crippen LogP contribution >= 0.6 is 0 Å². The Kier molecular flexibility index (Phi) is 5.80. The van der Waals surface area contributed by atoms with Crippen LogP contribution in [-0.2, 0) is 9.53 Å². The number of aliphatic carboxylic acids is 1. The molecule has 1 aliphatic rings. The first-order valence-electron chi connectivity index (χ1n) is 7.23. The molecule has 0 bridgehead atoms. The van der Waals surface area contributed by atoms with E-state index >= 15 is 0 Å². The molecule has 0 aromatic heterocycles. The molecular weight excluding hydrogens is 260 g/mol. The summed E-state index contributed by atoms with van der Waals surface area (Å²) in [4.78, 5) is 25.2. The molecule has 1 saturated heterocycles. The zero-order valence-corrected chi connectivity index (χ0v) is 12.8. The Morgan fingerprint density at radius 3 is 2.60 bits per heavy atom. The van der Waals surface area contributed by atoms with Crippen molar-refractivity contribution >= 4 is 12.0 Å². The molecule has 3 unspecified atom stereocenters. The Morgan fingerprint density at radius 2 is 2.10 bits per heavy atom. The van der Waals surface area contributed by atoms with Crippen LogP contribution in [0, 0.1) is 5.41 Å². The molecule has 3 atom stereocenters. The van der Waals surface area contributed by atoms with Crippen LogP contribution in [0.1, 0.15) is 40.5 Å². The van der Waals surface area contributed by atoms with E-state index in [1.54, 1.807) is 11.8 Å². The summed E-state index contributed by atoms with van der Waals surface area (Å²) in [6, 6.07) is -0.142. The number of carboxylic acids is 1. The monoisotopic (exact) mass is 286 g/mol.